The molecule has 1 unspecified atom stereocenters. The average Bonchev–Trinajstić information content (AvgIpc) is 3.26. The molecular weight excluding hydrogens is 420 g/mol. The first-order chi connectivity index (χ1) is 15.9. The summed E-state index contributed by atoms with van der Waals surface area (Å²) in [7, 11) is 1.59. The molecule has 0 spiro atoms. The monoisotopic (exact) mass is 448 g/mol. The van der Waals surface area contributed by atoms with E-state index < -0.39 is 6.04 Å². The van der Waals surface area contributed by atoms with Crippen LogP contribution in [-0.4, -0.2) is 39.8 Å². The molecule has 0 bridgehead atoms. The van der Waals surface area contributed by atoms with Gasteiger partial charge in [-0.05, 0) is 66.9 Å². The van der Waals surface area contributed by atoms with Gasteiger partial charge in [0.1, 0.15) is 6.04 Å². The number of aromatic nitrogens is 4. The summed E-state index contributed by atoms with van der Waals surface area (Å²) >= 11 is 0. The number of carbonyl (C=O) groups is 1. The number of nitrogens with one attached hydrogen (secondary N) is 2. The highest BCUT2D eigenvalue weighted by molar-refractivity contribution is 6.06. The Hall–Kier alpha value is -3.88. The van der Waals surface area contributed by atoms with Gasteiger partial charge >= 0.3 is 0 Å². The first-order valence-electron chi connectivity index (χ1n) is 10.9. The molecule has 0 radical (unpaired) electrons. The van der Waals surface area contributed by atoms with Crippen LogP contribution < -0.4 is 20.1 Å². The maximum absolute atomic E-state index is 13.5. The van der Waals surface area contributed by atoms with Crippen molar-refractivity contribution in [2.75, 3.05) is 24.4 Å². The highest BCUT2D eigenvalue weighted by Gasteiger charge is 2.34. The normalized spacial score (nSPS) is 15.0. The largest absolute Gasteiger partial charge is 0.493 e. The third kappa shape index (κ3) is 4.39. The van der Waals surface area contributed by atoms with Gasteiger partial charge in [-0.3, -0.25) is 4.79 Å². The third-order valence-electron chi connectivity index (χ3n) is 5.55. The van der Waals surface area contributed by atoms with Crippen molar-refractivity contribution in [2.45, 2.75) is 40.2 Å². The lowest BCUT2D eigenvalue weighted by Gasteiger charge is -2.28. The van der Waals surface area contributed by atoms with Crippen LogP contribution >= 0.6 is 0 Å². The van der Waals surface area contributed by atoms with Crippen LogP contribution in [0.15, 0.2) is 47.7 Å². The molecule has 1 aliphatic rings. The fourth-order valence-corrected chi connectivity index (χ4v) is 3.94. The average molecular weight is 449 g/mol. The number of ether oxygens (including phenoxy) is 2. The summed E-state index contributed by atoms with van der Waals surface area (Å²) in [6.45, 7) is 8.47. The minimum atomic E-state index is -0.545. The highest BCUT2D eigenvalue weighted by Crippen LogP contribution is 2.38. The predicted molar refractivity (Wildman–Crippen MR) is 126 cm³/mol. The second kappa shape index (κ2) is 9.32. The zero-order chi connectivity index (χ0) is 23.5. The van der Waals surface area contributed by atoms with E-state index in [9.17, 15) is 4.79 Å². The molecule has 0 aliphatic carbocycles. The minimum Gasteiger partial charge on any atom is -0.493 e. The van der Waals surface area contributed by atoms with E-state index in [2.05, 4.69) is 26.2 Å². The van der Waals surface area contributed by atoms with Gasteiger partial charge in [0.25, 0.3) is 5.91 Å². The van der Waals surface area contributed by atoms with Crippen molar-refractivity contribution >= 4 is 17.5 Å². The summed E-state index contributed by atoms with van der Waals surface area (Å²) in [5.74, 6) is 1.46. The fourth-order valence-electron chi connectivity index (χ4n) is 3.94. The molecule has 2 N–H and O–H groups in total. The van der Waals surface area contributed by atoms with Crippen LogP contribution in [0.3, 0.4) is 0 Å². The Kier molecular flexibility index (Phi) is 6.30. The second-order valence-corrected chi connectivity index (χ2v) is 8.04. The number of hydrogen-bond donors (Lipinski definition) is 2. The van der Waals surface area contributed by atoms with Crippen molar-refractivity contribution in [1.82, 2.24) is 20.2 Å². The fraction of sp³-hybridized carbons (Fsp3) is 0.333. The smallest absolute Gasteiger partial charge is 0.255 e. The third-order valence-corrected chi connectivity index (χ3v) is 5.55. The molecule has 1 amide bonds. The molecule has 2 heterocycles. The summed E-state index contributed by atoms with van der Waals surface area (Å²) in [6.07, 6.45) is 0.887. The van der Waals surface area contributed by atoms with Gasteiger partial charge in [-0.1, -0.05) is 35.8 Å². The van der Waals surface area contributed by atoms with Crippen LogP contribution in [0.5, 0.6) is 11.5 Å². The SMILES string of the molecule is CCCOc1ccc(C2C(C(=O)Nc3ccc(C)cc3C)=C(C)Nc3nnnn32)cc1OC. The van der Waals surface area contributed by atoms with E-state index in [4.69, 9.17) is 9.47 Å². The zero-order valence-corrected chi connectivity index (χ0v) is 19.5. The summed E-state index contributed by atoms with van der Waals surface area (Å²) in [5, 5.41) is 18.2. The Morgan fingerprint density at radius 2 is 1.97 bits per heavy atom. The van der Waals surface area contributed by atoms with Crippen LogP contribution in [-0.2, 0) is 4.79 Å². The predicted octanol–water partition coefficient (Wildman–Crippen LogP) is 4.01. The van der Waals surface area contributed by atoms with E-state index in [0.717, 1.165) is 28.8 Å². The van der Waals surface area contributed by atoms with Crippen LogP contribution in [0.25, 0.3) is 0 Å². The number of hydrogen-bond acceptors (Lipinski definition) is 7. The minimum absolute atomic E-state index is 0.233. The molecule has 1 aromatic heterocycles. The summed E-state index contributed by atoms with van der Waals surface area (Å²) in [5.41, 5.74) is 4.87. The Labute approximate surface area is 192 Å². The Morgan fingerprint density at radius 3 is 2.70 bits per heavy atom. The van der Waals surface area contributed by atoms with Crippen molar-refractivity contribution < 1.29 is 14.3 Å². The second-order valence-electron chi connectivity index (χ2n) is 8.04. The van der Waals surface area contributed by atoms with Crippen LogP contribution in [0, 0.1) is 13.8 Å². The molecule has 9 heteroatoms. The summed E-state index contributed by atoms with van der Waals surface area (Å²) in [4.78, 5) is 13.5. The van der Waals surface area contributed by atoms with Gasteiger partial charge in [-0.15, -0.1) is 0 Å². The van der Waals surface area contributed by atoms with Gasteiger partial charge in [0.2, 0.25) is 5.95 Å². The van der Waals surface area contributed by atoms with Crippen LogP contribution in [0.4, 0.5) is 11.6 Å². The molecule has 172 valence electrons. The first-order valence-corrected chi connectivity index (χ1v) is 10.9. The Bertz CT molecular complexity index is 1220. The number of nitrogens with zero attached hydrogens (tertiary/aromatic N) is 4. The Morgan fingerprint density at radius 1 is 1.15 bits per heavy atom. The van der Waals surface area contributed by atoms with Crippen molar-refractivity contribution in [3.05, 3.63) is 64.4 Å². The molecule has 0 fully saturated rings. The van der Waals surface area contributed by atoms with Crippen molar-refractivity contribution in [1.29, 1.82) is 0 Å². The topological polar surface area (TPSA) is 103 Å². The molecule has 2 aromatic carbocycles. The first kappa shape index (κ1) is 22.3. The Balaban J connectivity index is 1.75. The van der Waals surface area contributed by atoms with E-state index in [0.29, 0.717) is 35.3 Å². The zero-order valence-electron chi connectivity index (χ0n) is 19.5. The van der Waals surface area contributed by atoms with E-state index >= 15 is 0 Å². The van der Waals surface area contributed by atoms with Crippen molar-refractivity contribution in [2.24, 2.45) is 0 Å². The standard InChI is InChI=1S/C24H28N6O3/c1-6-11-33-19-10-8-17(13-20(19)32-5)22-21(16(4)25-24-27-28-29-30(22)24)23(31)26-18-9-7-14(2)12-15(18)3/h7-10,12-13,22H,6,11H2,1-5H3,(H,26,31)(H,25,27,29). The molecule has 9 nitrogen and oxygen atoms in total. The number of aryl methyl sites for hydroxylation is 2. The number of fused-ring (bicyclic) bond motifs is 1. The number of methoxy groups -OCH3 is 1. The molecule has 0 saturated carbocycles. The van der Waals surface area contributed by atoms with Gasteiger partial charge in [-0.2, -0.15) is 4.68 Å². The number of amides is 1. The van der Waals surface area contributed by atoms with E-state index in [1.54, 1.807) is 11.8 Å². The van der Waals surface area contributed by atoms with Gasteiger partial charge in [0.15, 0.2) is 11.5 Å². The van der Waals surface area contributed by atoms with Crippen molar-refractivity contribution in [3.63, 3.8) is 0 Å². The van der Waals surface area contributed by atoms with E-state index in [-0.39, 0.29) is 5.91 Å². The van der Waals surface area contributed by atoms with Crippen LogP contribution in [0.2, 0.25) is 0 Å². The number of anilines is 2. The van der Waals surface area contributed by atoms with Crippen LogP contribution in [0.1, 0.15) is 43.0 Å². The summed E-state index contributed by atoms with van der Waals surface area (Å²) in [6, 6.07) is 11.0. The van der Waals surface area contributed by atoms with E-state index in [1.807, 2.05) is 64.1 Å². The highest BCUT2D eigenvalue weighted by atomic mass is 16.5. The van der Waals surface area contributed by atoms with Gasteiger partial charge in [0.05, 0.1) is 19.3 Å². The molecule has 33 heavy (non-hydrogen) atoms. The number of benzene rings is 2. The molecule has 0 saturated heterocycles. The van der Waals surface area contributed by atoms with E-state index in [1.165, 1.54) is 0 Å². The van der Waals surface area contributed by atoms with Gasteiger partial charge in [0, 0.05) is 11.4 Å². The number of rotatable bonds is 7. The maximum atomic E-state index is 13.5. The number of tetrazole rings is 1. The number of carbonyl (C=O) groups excluding carboxylic acids is 1. The lowest BCUT2D eigenvalue weighted by atomic mass is 9.94. The molecule has 3 aromatic rings. The van der Waals surface area contributed by atoms with Gasteiger partial charge in [-0.25, -0.2) is 0 Å². The quantitative estimate of drug-likeness (QED) is 0.563. The molecular formula is C24H28N6O3. The number of allylic oxidation sites excluding steroid dienone is 1. The summed E-state index contributed by atoms with van der Waals surface area (Å²) < 4.78 is 13.0. The van der Waals surface area contributed by atoms with Crippen molar-refractivity contribution in [3.8, 4) is 11.5 Å². The lowest BCUT2D eigenvalue weighted by molar-refractivity contribution is -0.113. The lowest BCUT2D eigenvalue weighted by Crippen LogP contribution is -2.31. The molecule has 4 rings (SSSR count). The van der Waals surface area contributed by atoms with Gasteiger partial charge < -0.3 is 20.1 Å². The molecule has 1 atom stereocenters. The maximum Gasteiger partial charge on any atom is 0.255 e. The molecule has 1 aliphatic heterocycles.